The summed E-state index contributed by atoms with van der Waals surface area (Å²) in [5.41, 5.74) is -1.03. The summed E-state index contributed by atoms with van der Waals surface area (Å²) in [6.45, 7) is 3.05. The smallest absolute Gasteiger partial charge is 0.330 e. The average molecular weight is 338 g/mol. The second kappa shape index (κ2) is 7.77. The summed E-state index contributed by atoms with van der Waals surface area (Å²) in [4.78, 5) is 26.3. The molecule has 24 heavy (non-hydrogen) atoms. The van der Waals surface area contributed by atoms with Crippen LogP contribution in [-0.2, 0) is 4.74 Å². The SMILES string of the molecule is CCCCC#Cc1c(C)n([C@@H]2O[C@H](CO)[C@@H](O)[C@H]2O)c(=O)[nH]c1=O. The van der Waals surface area contributed by atoms with Crippen molar-refractivity contribution in [2.24, 2.45) is 0 Å². The lowest BCUT2D eigenvalue weighted by molar-refractivity contribution is -0.0559. The van der Waals surface area contributed by atoms with Gasteiger partial charge in [-0.2, -0.15) is 0 Å². The van der Waals surface area contributed by atoms with Crippen molar-refractivity contribution in [2.75, 3.05) is 6.61 Å². The van der Waals surface area contributed by atoms with Gasteiger partial charge in [-0.05, 0) is 13.3 Å². The molecular weight excluding hydrogens is 316 g/mol. The molecule has 4 N–H and O–H groups in total. The van der Waals surface area contributed by atoms with Gasteiger partial charge in [0.1, 0.15) is 23.9 Å². The topological polar surface area (TPSA) is 125 Å². The number of hydrogen-bond donors (Lipinski definition) is 4. The molecule has 2 heterocycles. The van der Waals surface area contributed by atoms with E-state index in [-0.39, 0.29) is 11.3 Å². The van der Waals surface area contributed by atoms with Gasteiger partial charge in [-0.1, -0.05) is 25.2 Å². The van der Waals surface area contributed by atoms with Crippen LogP contribution in [0.5, 0.6) is 0 Å². The first kappa shape index (κ1) is 18.4. The molecule has 0 saturated carbocycles. The number of aliphatic hydroxyl groups excluding tert-OH is 3. The van der Waals surface area contributed by atoms with E-state index in [1.54, 1.807) is 0 Å². The van der Waals surface area contributed by atoms with Gasteiger partial charge in [0, 0.05) is 12.1 Å². The van der Waals surface area contributed by atoms with E-state index in [1.165, 1.54) is 6.92 Å². The molecule has 1 aromatic rings. The van der Waals surface area contributed by atoms with Crippen LogP contribution in [0.2, 0.25) is 0 Å². The third-order valence-electron chi connectivity index (χ3n) is 4.03. The molecule has 0 amide bonds. The van der Waals surface area contributed by atoms with Crippen molar-refractivity contribution in [1.29, 1.82) is 0 Å². The standard InChI is InChI=1S/C16H22N2O6/c1-3-4-5-6-7-10-9(2)18(16(23)17-14(10)22)15-13(21)12(20)11(8-19)24-15/h11-13,15,19-21H,3-5,8H2,1-2H3,(H,17,22,23)/t11-,12-,13-,15-/m1/s1. The van der Waals surface area contributed by atoms with Crippen molar-refractivity contribution >= 4 is 0 Å². The Bertz CT molecular complexity index is 757. The monoisotopic (exact) mass is 338 g/mol. The zero-order chi connectivity index (χ0) is 17.9. The van der Waals surface area contributed by atoms with Crippen LogP contribution < -0.4 is 11.2 Å². The molecule has 8 nitrogen and oxygen atoms in total. The highest BCUT2D eigenvalue weighted by molar-refractivity contribution is 5.35. The van der Waals surface area contributed by atoms with Crippen LogP contribution in [0.4, 0.5) is 0 Å². The summed E-state index contributed by atoms with van der Waals surface area (Å²) in [5.74, 6) is 5.64. The molecule has 1 aliphatic rings. The van der Waals surface area contributed by atoms with E-state index in [9.17, 15) is 19.8 Å². The van der Waals surface area contributed by atoms with E-state index >= 15 is 0 Å². The molecule has 1 aliphatic heterocycles. The highest BCUT2D eigenvalue weighted by atomic mass is 16.6. The van der Waals surface area contributed by atoms with Crippen molar-refractivity contribution in [2.45, 2.75) is 57.6 Å². The predicted molar refractivity (Wildman–Crippen MR) is 85.5 cm³/mol. The number of aliphatic hydroxyl groups is 3. The van der Waals surface area contributed by atoms with Gasteiger partial charge in [0.15, 0.2) is 6.23 Å². The number of H-pyrrole nitrogens is 1. The Morgan fingerprint density at radius 2 is 2.00 bits per heavy atom. The van der Waals surface area contributed by atoms with Gasteiger partial charge in [-0.15, -0.1) is 0 Å². The second-order valence-corrected chi connectivity index (χ2v) is 5.72. The Morgan fingerprint density at radius 1 is 1.29 bits per heavy atom. The summed E-state index contributed by atoms with van der Waals surface area (Å²) in [7, 11) is 0. The first-order valence-electron chi connectivity index (χ1n) is 7.89. The molecule has 0 radical (unpaired) electrons. The molecule has 0 aliphatic carbocycles. The van der Waals surface area contributed by atoms with E-state index in [0.717, 1.165) is 17.4 Å². The predicted octanol–water partition coefficient (Wildman–Crippen LogP) is -1.00. The van der Waals surface area contributed by atoms with Crippen molar-refractivity contribution in [3.63, 3.8) is 0 Å². The van der Waals surface area contributed by atoms with Crippen molar-refractivity contribution in [1.82, 2.24) is 9.55 Å². The van der Waals surface area contributed by atoms with E-state index in [4.69, 9.17) is 9.84 Å². The van der Waals surface area contributed by atoms with Gasteiger partial charge in [0.2, 0.25) is 0 Å². The molecular formula is C16H22N2O6. The minimum absolute atomic E-state index is 0.114. The Morgan fingerprint density at radius 3 is 2.58 bits per heavy atom. The van der Waals surface area contributed by atoms with Crippen LogP contribution in [0, 0.1) is 18.8 Å². The first-order valence-corrected chi connectivity index (χ1v) is 7.89. The summed E-state index contributed by atoms with van der Waals surface area (Å²) in [6.07, 6.45) is -2.46. The van der Waals surface area contributed by atoms with Gasteiger partial charge < -0.3 is 20.1 Å². The normalized spacial score (nSPS) is 26.2. The lowest BCUT2D eigenvalue weighted by Crippen LogP contribution is -2.40. The number of aromatic nitrogens is 2. The zero-order valence-electron chi connectivity index (χ0n) is 13.7. The maximum atomic E-state index is 12.1. The lowest BCUT2D eigenvalue weighted by atomic mass is 10.1. The summed E-state index contributed by atoms with van der Waals surface area (Å²) in [5, 5.41) is 29.1. The Labute approximate surface area is 138 Å². The number of ether oxygens (including phenoxy) is 1. The van der Waals surface area contributed by atoms with E-state index in [0.29, 0.717) is 6.42 Å². The molecule has 132 valence electrons. The van der Waals surface area contributed by atoms with E-state index < -0.39 is 42.4 Å². The van der Waals surface area contributed by atoms with Gasteiger partial charge in [0.05, 0.1) is 6.61 Å². The van der Waals surface area contributed by atoms with Crippen molar-refractivity contribution in [3.8, 4) is 11.8 Å². The quantitative estimate of drug-likeness (QED) is 0.412. The number of hydrogen-bond acceptors (Lipinski definition) is 6. The number of nitrogens with one attached hydrogen (secondary N) is 1. The van der Waals surface area contributed by atoms with Crippen LogP contribution >= 0.6 is 0 Å². The Hall–Kier alpha value is -1.92. The Balaban J connectivity index is 2.46. The summed E-state index contributed by atoms with van der Waals surface area (Å²) < 4.78 is 6.41. The van der Waals surface area contributed by atoms with Gasteiger partial charge in [-0.3, -0.25) is 14.3 Å². The molecule has 2 rings (SSSR count). The first-order chi connectivity index (χ1) is 11.4. The fourth-order valence-electron chi connectivity index (χ4n) is 2.62. The average Bonchev–Trinajstić information content (AvgIpc) is 2.82. The van der Waals surface area contributed by atoms with Crippen molar-refractivity contribution < 1.29 is 20.1 Å². The van der Waals surface area contributed by atoms with Crippen LogP contribution in [0.25, 0.3) is 0 Å². The van der Waals surface area contributed by atoms with Crippen LogP contribution in [0.3, 0.4) is 0 Å². The molecule has 0 bridgehead atoms. The van der Waals surface area contributed by atoms with E-state index in [2.05, 4.69) is 16.8 Å². The third kappa shape index (κ3) is 3.44. The van der Waals surface area contributed by atoms with Gasteiger partial charge in [-0.25, -0.2) is 4.79 Å². The zero-order valence-corrected chi connectivity index (χ0v) is 13.7. The molecule has 0 aromatic carbocycles. The highest BCUT2D eigenvalue weighted by Crippen LogP contribution is 2.29. The van der Waals surface area contributed by atoms with Crippen LogP contribution in [0.1, 0.15) is 43.7 Å². The fourth-order valence-corrected chi connectivity index (χ4v) is 2.62. The molecule has 1 fully saturated rings. The number of nitrogens with zero attached hydrogens (tertiary/aromatic N) is 1. The Kier molecular flexibility index (Phi) is 5.96. The number of aromatic amines is 1. The van der Waals surface area contributed by atoms with Crippen LogP contribution in [-0.4, -0.2) is 49.8 Å². The maximum Gasteiger partial charge on any atom is 0.330 e. The molecule has 8 heteroatoms. The molecule has 0 spiro atoms. The lowest BCUT2D eigenvalue weighted by Gasteiger charge is -2.20. The van der Waals surface area contributed by atoms with Gasteiger partial charge >= 0.3 is 5.69 Å². The maximum absolute atomic E-state index is 12.1. The molecule has 1 saturated heterocycles. The molecule has 0 unspecified atom stereocenters. The molecule has 4 atom stereocenters. The fraction of sp³-hybridized carbons (Fsp3) is 0.625. The minimum Gasteiger partial charge on any atom is -0.394 e. The number of rotatable bonds is 4. The van der Waals surface area contributed by atoms with Gasteiger partial charge in [0.25, 0.3) is 5.56 Å². The van der Waals surface area contributed by atoms with E-state index in [1.807, 2.05) is 6.92 Å². The third-order valence-corrected chi connectivity index (χ3v) is 4.03. The second-order valence-electron chi connectivity index (χ2n) is 5.72. The summed E-state index contributed by atoms with van der Waals surface area (Å²) >= 11 is 0. The largest absolute Gasteiger partial charge is 0.394 e. The van der Waals surface area contributed by atoms with Crippen LogP contribution in [0.15, 0.2) is 9.59 Å². The summed E-state index contributed by atoms with van der Waals surface area (Å²) in [6, 6.07) is 0. The highest BCUT2D eigenvalue weighted by Gasteiger charge is 2.44. The molecule has 1 aromatic heterocycles. The minimum atomic E-state index is -1.41. The van der Waals surface area contributed by atoms with Crippen molar-refractivity contribution in [3.05, 3.63) is 32.1 Å². The number of unbranched alkanes of at least 4 members (excludes halogenated alkanes) is 2.